The molecular weight excluding hydrogens is 524 g/mol. The molecule has 7 rings (SSSR count). The number of aromatic nitrogens is 3. The highest BCUT2D eigenvalue weighted by Gasteiger charge is 2.51. The monoisotopic (exact) mass is 551 g/mol. The lowest BCUT2D eigenvalue weighted by Gasteiger charge is -2.19. The van der Waals surface area contributed by atoms with Crippen molar-refractivity contribution < 1.29 is 18.4 Å². The fourth-order valence-corrected chi connectivity index (χ4v) is 6.76. The molecule has 2 amide bonds. The Balaban J connectivity index is 1.08. The largest absolute Gasteiger partial charge is 0.351 e. The average Bonchev–Trinajstić information content (AvgIpc) is 3.43. The Morgan fingerprint density at radius 3 is 2.76 bits per heavy atom. The molecule has 4 heterocycles. The summed E-state index contributed by atoms with van der Waals surface area (Å²) in [6, 6.07) is 13.7. The molecule has 1 unspecified atom stereocenters. The number of rotatable bonds is 4. The van der Waals surface area contributed by atoms with Gasteiger partial charge in [0, 0.05) is 54.4 Å². The average molecular weight is 552 g/mol. The highest BCUT2D eigenvalue weighted by Crippen LogP contribution is 2.46. The molecule has 3 atom stereocenters. The van der Waals surface area contributed by atoms with Crippen molar-refractivity contribution in [2.45, 2.75) is 49.4 Å². The van der Waals surface area contributed by atoms with Crippen molar-refractivity contribution >= 4 is 17.6 Å². The van der Waals surface area contributed by atoms with Crippen molar-refractivity contribution in [2.24, 2.45) is 0 Å². The van der Waals surface area contributed by atoms with E-state index in [2.05, 4.69) is 25.6 Å². The summed E-state index contributed by atoms with van der Waals surface area (Å²) >= 11 is 0. The second kappa shape index (κ2) is 9.83. The maximum Gasteiger partial charge on any atom is 0.252 e. The minimum atomic E-state index is -0.842. The van der Waals surface area contributed by atoms with Crippen LogP contribution in [0.4, 0.5) is 14.6 Å². The number of fused-ring (bicyclic) bond motifs is 4. The van der Waals surface area contributed by atoms with Gasteiger partial charge < -0.3 is 10.6 Å². The molecule has 0 bridgehead atoms. The van der Waals surface area contributed by atoms with Gasteiger partial charge in [0.25, 0.3) is 5.91 Å². The molecule has 1 aromatic carbocycles. The minimum Gasteiger partial charge on any atom is -0.351 e. The number of nitrogens with zero attached hydrogens (tertiary/aromatic N) is 3. The van der Waals surface area contributed by atoms with Gasteiger partial charge in [-0.3, -0.25) is 19.6 Å². The summed E-state index contributed by atoms with van der Waals surface area (Å²) < 4.78 is 28.6. The molecule has 2 N–H and O–H groups in total. The number of carbonyl (C=O) groups is 2. The van der Waals surface area contributed by atoms with E-state index in [4.69, 9.17) is 0 Å². The van der Waals surface area contributed by atoms with E-state index in [0.717, 1.165) is 34.1 Å². The number of hydrogen-bond acceptors (Lipinski definition) is 5. The molecule has 4 aromatic rings. The zero-order chi connectivity index (χ0) is 28.1. The molecule has 7 nitrogen and oxygen atoms in total. The second-order valence-corrected chi connectivity index (χ2v) is 11.2. The first-order valence-corrected chi connectivity index (χ1v) is 13.8. The second-order valence-electron chi connectivity index (χ2n) is 11.2. The summed E-state index contributed by atoms with van der Waals surface area (Å²) in [5.41, 5.74) is 4.47. The zero-order valence-corrected chi connectivity index (χ0v) is 22.2. The van der Waals surface area contributed by atoms with Gasteiger partial charge in [-0.25, -0.2) is 13.8 Å². The molecule has 1 aliphatic heterocycles. The lowest BCUT2D eigenvalue weighted by molar-refractivity contribution is -0.120. The Labute approximate surface area is 235 Å². The van der Waals surface area contributed by atoms with E-state index in [1.54, 1.807) is 30.7 Å². The van der Waals surface area contributed by atoms with Crippen LogP contribution in [0.3, 0.4) is 0 Å². The quantitative estimate of drug-likeness (QED) is 0.356. The van der Waals surface area contributed by atoms with E-state index in [0.29, 0.717) is 55.6 Å². The summed E-state index contributed by atoms with van der Waals surface area (Å²) in [4.78, 5) is 39.8. The van der Waals surface area contributed by atoms with Crippen molar-refractivity contribution in [3.63, 3.8) is 0 Å². The van der Waals surface area contributed by atoms with E-state index >= 15 is 0 Å². The van der Waals surface area contributed by atoms with Crippen LogP contribution in [-0.4, -0.2) is 33.3 Å². The van der Waals surface area contributed by atoms with Crippen LogP contribution >= 0.6 is 0 Å². The molecule has 1 spiro atoms. The Kier molecular flexibility index (Phi) is 6.10. The van der Waals surface area contributed by atoms with E-state index in [9.17, 15) is 18.4 Å². The van der Waals surface area contributed by atoms with Gasteiger partial charge in [0.15, 0.2) is 11.6 Å². The molecule has 41 heavy (non-hydrogen) atoms. The summed E-state index contributed by atoms with van der Waals surface area (Å²) in [5.74, 6) is -1.66. The van der Waals surface area contributed by atoms with Crippen molar-refractivity contribution in [1.82, 2.24) is 20.3 Å². The van der Waals surface area contributed by atoms with Crippen LogP contribution in [0.2, 0.25) is 0 Å². The number of pyridine rings is 3. The maximum atomic E-state index is 14.6. The van der Waals surface area contributed by atoms with Crippen LogP contribution in [0.25, 0.3) is 0 Å². The lowest BCUT2D eigenvalue weighted by atomic mass is 9.80. The zero-order valence-electron chi connectivity index (χ0n) is 22.2. The minimum absolute atomic E-state index is 0.0754. The molecule has 0 saturated carbocycles. The number of halogens is 2. The van der Waals surface area contributed by atoms with Crippen LogP contribution in [0.15, 0.2) is 67.1 Å². The van der Waals surface area contributed by atoms with Crippen LogP contribution in [0, 0.1) is 11.6 Å². The van der Waals surface area contributed by atoms with Crippen LogP contribution in [0.5, 0.6) is 0 Å². The van der Waals surface area contributed by atoms with E-state index in [1.165, 1.54) is 0 Å². The van der Waals surface area contributed by atoms with Gasteiger partial charge >= 0.3 is 0 Å². The molecule has 206 valence electrons. The van der Waals surface area contributed by atoms with Crippen molar-refractivity contribution in [1.29, 1.82) is 0 Å². The summed E-state index contributed by atoms with van der Waals surface area (Å²) in [6.45, 7) is 0.351. The number of hydrogen-bond donors (Lipinski definition) is 2. The summed E-state index contributed by atoms with van der Waals surface area (Å²) in [6.07, 6.45) is 7.72. The van der Waals surface area contributed by atoms with Gasteiger partial charge in [-0.1, -0.05) is 24.3 Å². The standard InChI is InChI=1S/C32H27F2N5O2/c33-25-7-1-5-23(27(25)34)18-8-9-20(28-19(12-18)4-2-10-35-28)16-38-30(40)22-13-21-14-32(15-26(21)37-17-22)24-6-3-11-36-29(24)39-31(32)41/h1-7,10-11,13,17-18,20H,8-9,12,14-16H2,(H,38,40)(H,36,39,41)/t18-,20?,32-/m0/s1. The third-order valence-electron chi connectivity index (χ3n) is 8.85. The Hall–Kier alpha value is -4.53. The normalized spacial score (nSPS) is 22.4. The molecule has 9 heteroatoms. The number of anilines is 1. The van der Waals surface area contributed by atoms with Crippen molar-refractivity contribution in [3.05, 3.63) is 118 Å². The summed E-state index contributed by atoms with van der Waals surface area (Å²) in [5, 5.41) is 5.94. The molecular formula is C32H27F2N5O2. The van der Waals surface area contributed by atoms with Gasteiger partial charge in [-0.15, -0.1) is 0 Å². The molecule has 3 aliphatic rings. The van der Waals surface area contributed by atoms with Gasteiger partial charge in [0.1, 0.15) is 5.82 Å². The smallest absolute Gasteiger partial charge is 0.252 e. The predicted molar refractivity (Wildman–Crippen MR) is 148 cm³/mol. The first-order valence-electron chi connectivity index (χ1n) is 13.8. The van der Waals surface area contributed by atoms with Crippen LogP contribution < -0.4 is 10.6 Å². The number of amides is 2. The Bertz CT molecular complexity index is 1710. The van der Waals surface area contributed by atoms with Crippen molar-refractivity contribution in [2.75, 3.05) is 11.9 Å². The molecule has 3 aromatic heterocycles. The molecule has 2 aliphatic carbocycles. The Morgan fingerprint density at radius 1 is 1.00 bits per heavy atom. The number of nitrogens with one attached hydrogen (secondary N) is 2. The highest BCUT2D eigenvalue weighted by atomic mass is 19.2. The fourth-order valence-electron chi connectivity index (χ4n) is 6.76. The first-order chi connectivity index (χ1) is 19.9. The topological polar surface area (TPSA) is 96.9 Å². The van der Waals surface area contributed by atoms with E-state index in [-0.39, 0.29) is 23.7 Å². The lowest BCUT2D eigenvalue weighted by Crippen LogP contribution is -2.35. The summed E-state index contributed by atoms with van der Waals surface area (Å²) in [7, 11) is 0. The van der Waals surface area contributed by atoms with Gasteiger partial charge in [-0.2, -0.15) is 0 Å². The predicted octanol–water partition coefficient (Wildman–Crippen LogP) is 4.77. The van der Waals surface area contributed by atoms with Crippen LogP contribution in [0.1, 0.15) is 68.7 Å². The SMILES string of the molecule is O=C(NCC1CC[C@H](c2cccc(F)c2F)Cc2cccnc21)c1cnc2c(c1)C[C@@]1(C2)C(=O)Nc2ncccc21. The van der Waals surface area contributed by atoms with E-state index < -0.39 is 17.0 Å². The molecule has 0 saturated heterocycles. The number of carbonyl (C=O) groups excluding carboxylic acids is 2. The molecule has 0 fully saturated rings. The fraction of sp³-hybridized carbons (Fsp3) is 0.281. The van der Waals surface area contributed by atoms with E-state index in [1.807, 2.05) is 30.3 Å². The Morgan fingerprint density at radius 2 is 1.85 bits per heavy atom. The third-order valence-corrected chi connectivity index (χ3v) is 8.85. The highest BCUT2D eigenvalue weighted by molar-refractivity contribution is 6.06. The van der Waals surface area contributed by atoms with Crippen molar-refractivity contribution in [3.8, 4) is 0 Å². The first kappa shape index (κ1) is 25.4. The van der Waals surface area contributed by atoms with Gasteiger partial charge in [0.2, 0.25) is 5.91 Å². The third kappa shape index (κ3) is 4.27. The molecule has 0 radical (unpaired) electrons. The maximum absolute atomic E-state index is 14.6. The van der Waals surface area contributed by atoms with Crippen LogP contribution in [-0.2, 0) is 29.5 Å². The number of benzene rings is 1. The van der Waals surface area contributed by atoms with Gasteiger partial charge in [0.05, 0.1) is 11.0 Å². The van der Waals surface area contributed by atoms with Gasteiger partial charge in [-0.05, 0) is 72.6 Å².